The van der Waals surface area contributed by atoms with Crippen LogP contribution in [0, 0.1) is 11.8 Å². The second kappa shape index (κ2) is 10.4. The Bertz CT molecular complexity index is 1210. The molecule has 4 heterocycles. The Kier molecular flexibility index (Phi) is 7.21. The number of carboxylic acid groups (broad SMARTS) is 1. The predicted octanol–water partition coefficient (Wildman–Crippen LogP) is 4.53. The van der Waals surface area contributed by atoms with Crippen molar-refractivity contribution in [2.75, 3.05) is 13.2 Å². The molecule has 9 heteroatoms. The van der Waals surface area contributed by atoms with E-state index in [0.717, 1.165) is 29.5 Å². The van der Waals surface area contributed by atoms with Crippen LogP contribution in [0.1, 0.15) is 38.3 Å². The maximum atomic E-state index is 11.2. The Morgan fingerprint density at radius 2 is 1.89 bits per heavy atom. The average molecular weight is 515 g/mol. The number of nitrogens with zero attached hydrogens (tertiary/aromatic N) is 1. The Labute approximate surface area is 214 Å². The van der Waals surface area contributed by atoms with Crippen LogP contribution in [-0.2, 0) is 14.3 Å². The number of aromatic amines is 1. The minimum absolute atomic E-state index is 0.242. The molecule has 1 aliphatic carbocycles. The fourth-order valence-electron chi connectivity index (χ4n) is 5.34. The van der Waals surface area contributed by atoms with Gasteiger partial charge in [-0.1, -0.05) is 42.0 Å². The van der Waals surface area contributed by atoms with Crippen LogP contribution in [0.5, 0.6) is 5.88 Å². The number of pyridine rings is 1. The number of allylic oxidation sites excluding steroid dienone is 5. The number of halogens is 1. The van der Waals surface area contributed by atoms with Crippen molar-refractivity contribution in [3.8, 4) is 5.88 Å². The number of aliphatic hydroxyl groups excluding tert-OH is 1. The molecule has 5 rings (SSSR count). The number of nitrogens with one attached hydrogen (secondary N) is 1. The van der Waals surface area contributed by atoms with Crippen LogP contribution in [0.3, 0.4) is 0 Å². The Balaban J connectivity index is 1.28. The van der Waals surface area contributed by atoms with Gasteiger partial charge in [-0.15, -0.1) is 0 Å². The lowest BCUT2D eigenvalue weighted by atomic mass is 9.78. The minimum atomic E-state index is -0.702. The molecular formula is C27H31ClN2O6. The molecule has 36 heavy (non-hydrogen) atoms. The molecule has 2 aliphatic heterocycles. The van der Waals surface area contributed by atoms with E-state index in [-0.39, 0.29) is 36.8 Å². The maximum Gasteiger partial charge on any atom is 0.306 e. The summed E-state index contributed by atoms with van der Waals surface area (Å²) in [6.07, 6.45) is 7.34. The van der Waals surface area contributed by atoms with Crippen molar-refractivity contribution in [3.63, 3.8) is 0 Å². The molecule has 2 aromatic heterocycles. The van der Waals surface area contributed by atoms with Gasteiger partial charge >= 0.3 is 5.97 Å². The Morgan fingerprint density at radius 3 is 2.61 bits per heavy atom. The van der Waals surface area contributed by atoms with Gasteiger partial charge in [-0.25, -0.2) is 4.98 Å². The predicted molar refractivity (Wildman–Crippen MR) is 136 cm³/mol. The van der Waals surface area contributed by atoms with E-state index in [1.807, 2.05) is 37.3 Å². The van der Waals surface area contributed by atoms with Crippen LogP contribution in [0.25, 0.3) is 16.6 Å². The molecule has 0 spiro atoms. The lowest BCUT2D eigenvalue weighted by molar-refractivity contribution is -0.142. The van der Waals surface area contributed by atoms with Crippen molar-refractivity contribution >= 4 is 34.2 Å². The molecule has 2 saturated heterocycles. The van der Waals surface area contributed by atoms with Crippen molar-refractivity contribution in [1.82, 2.24) is 9.97 Å². The molecule has 0 amide bonds. The third kappa shape index (κ3) is 4.95. The van der Waals surface area contributed by atoms with Gasteiger partial charge in [-0.2, -0.15) is 0 Å². The molecule has 3 N–H and O–H groups in total. The molecule has 2 aromatic rings. The van der Waals surface area contributed by atoms with Crippen molar-refractivity contribution in [3.05, 3.63) is 53.2 Å². The molecule has 0 radical (unpaired) electrons. The summed E-state index contributed by atoms with van der Waals surface area (Å²) in [5.74, 6) is -0.122. The summed E-state index contributed by atoms with van der Waals surface area (Å²) in [6, 6.07) is 3.65. The molecule has 192 valence electrons. The monoisotopic (exact) mass is 514 g/mol. The highest BCUT2D eigenvalue weighted by molar-refractivity contribution is 6.32. The topological polar surface area (TPSA) is 114 Å². The number of ether oxygens (including phenoxy) is 3. The van der Waals surface area contributed by atoms with Crippen LogP contribution in [0.15, 0.2) is 42.5 Å². The molecule has 3 aliphatic rings. The third-order valence-corrected chi connectivity index (χ3v) is 7.74. The minimum Gasteiger partial charge on any atom is -0.481 e. The van der Waals surface area contributed by atoms with Crippen molar-refractivity contribution < 1.29 is 29.2 Å². The fraction of sp³-hybridized carbons (Fsp3) is 0.481. The molecule has 1 saturated carbocycles. The normalized spacial score (nSPS) is 30.7. The van der Waals surface area contributed by atoms with E-state index in [1.165, 1.54) is 0 Å². The number of aliphatic hydroxyl groups is 1. The molecule has 1 unspecified atom stereocenters. The van der Waals surface area contributed by atoms with Gasteiger partial charge in [0, 0.05) is 6.07 Å². The van der Waals surface area contributed by atoms with Crippen LogP contribution in [0.4, 0.5) is 0 Å². The number of rotatable bonds is 7. The number of hydrogen-bond acceptors (Lipinski definition) is 6. The van der Waals surface area contributed by atoms with Crippen molar-refractivity contribution in [2.24, 2.45) is 11.8 Å². The molecule has 8 nitrogen and oxygen atoms in total. The highest BCUT2D eigenvalue weighted by Gasteiger charge is 2.48. The summed E-state index contributed by atoms with van der Waals surface area (Å²) in [5.41, 5.74) is 3.98. The summed E-state index contributed by atoms with van der Waals surface area (Å²) >= 11 is 6.61. The van der Waals surface area contributed by atoms with Gasteiger partial charge in [0.2, 0.25) is 0 Å². The number of carbonyl (C=O) groups is 1. The number of H-pyrrole nitrogens is 1. The van der Waals surface area contributed by atoms with Crippen LogP contribution in [0.2, 0.25) is 5.02 Å². The molecule has 0 bridgehead atoms. The van der Waals surface area contributed by atoms with E-state index in [9.17, 15) is 15.0 Å². The summed E-state index contributed by atoms with van der Waals surface area (Å²) in [4.78, 5) is 19.2. The fourth-order valence-corrected chi connectivity index (χ4v) is 5.60. The average Bonchev–Trinajstić information content (AvgIpc) is 3.56. The quantitative estimate of drug-likeness (QED) is 0.465. The number of carboxylic acids is 1. The van der Waals surface area contributed by atoms with Crippen molar-refractivity contribution in [1.29, 1.82) is 0 Å². The summed E-state index contributed by atoms with van der Waals surface area (Å²) in [5, 5.41) is 19.7. The van der Waals surface area contributed by atoms with Gasteiger partial charge in [-0.3, -0.25) is 4.79 Å². The van der Waals surface area contributed by atoms with Gasteiger partial charge < -0.3 is 29.4 Å². The highest BCUT2D eigenvalue weighted by Crippen LogP contribution is 2.35. The van der Waals surface area contributed by atoms with Gasteiger partial charge in [0.25, 0.3) is 0 Å². The first kappa shape index (κ1) is 25.0. The number of hydrogen-bond donors (Lipinski definition) is 3. The largest absolute Gasteiger partial charge is 0.481 e. The van der Waals surface area contributed by atoms with Gasteiger partial charge in [0.1, 0.15) is 18.3 Å². The Hall–Kier alpha value is -2.65. The summed E-state index contributed by atoms with van der Waals surface area (Å²) in [6.45, 7) is 6.75. The second-order valence-electron chi connectivity index (χ2n) is 9.74. The lowest BCUT2D eigenvalue weighted by Gasteiger charge is -2.26. The van der Waals surface area contributed by atoms with Gasteiger partial charge in [0.15, 0.2) is 12.0 Å². The molecule has 3 fully saturated rings. The zero-order valence-electron chi connectivity index (χ0n) is 20.2. The third-order valence-electron chi connectivity index (χ3n) is 7.45. The molecule has 4 atom stereocenters. The second-order valence-corrected chi connectivity index (χ2v) is 10.2. The van der Waals surface area contributed by atoms with E-state index in [4.69, 9.17) is 30.8 Å². The van der Waals surface area contributed by atoms with E-state index in [1.54, 1.807) is 0 Å². The smallest absolute Gasteiger partial charge is 0.306 e. The van der Waals surface area contributed by atoms with Crippen LogP contribution < -0.4 is 4.74 Å². The molecule has 0 aromatic carbocycles. The van der Waals surface area contributed by atoms with Crippen LogP contribution in [-0.4, -0.2) is 63.8 Å². The first-order chi connectivity index (χ1) is 17.3. The zero-order chi connectivity index (χ0) is 25.4. The zero-order valence-corrected chi connectivity index (χ0v) is 20.9. The van der Waals surface area contributed by atoms with Crippen LogP contribution >= 0.6 is 11.6 Å². The van der Waals surface area contributed by atoms with Gasteiger partial charge in [-0.05, 0) is 50.2 Å². The van der Waals surface area contributed by atoms with E-state index < -0.39 is 12.1 Å². The highest BCUT2D eigenvalue weighted by atomic mass is 35.5. The van der Waals surface area contributed by atoms with Crippen molar-refractivity contribution in [2.45, 2.75) is 57.0 Å². The summed E-state index contributed by atoms with van der Waals surface area (Å²) in [7, 11) is 0. The SMILES string of the molecule is C=C(/C=C\C(=C/C)c1nc2cc(O[C@@H]3COC4[C@H](O)CO[C@@H]43)[nH]c2cc1Cl)C1CCC(C(=O)O)CC1. The molecular weight excluding hydrogens is 484 g/mol. The first-order valence-electron chi connectivity index (χ1n) is 12.4. The number of fused-ring (bicyclic) bond motifs is 2. The number of aromatic nitrogens is 2. The summed E-state index contributed by atoms with van der Waals surface area (Å²) < 4.78 is 17.4. The lowest BCUT2D eigenvalue weighted by Crippen LogP contribution is -2.34. The van der Waals surface area contributed by atoms with Gasteiger partial charge in [0.05, 0.1) is 40.9 Å². The standard InChI is InChI=1S/C27H31ClN2O6/c1-3-15(5-4-14(2)16-6-8-17(9-7-16)27(32)33)24-18(28)10-19-20(30-24)11-23(29-19)36-22-13-35-25-21(31)12-34-26(22)25/h3-5,10-11,16-17,21-22,25-26,29,31H,2,6-9,12-13H2,1H3,(H,32,33)/b5-4-,15-3+/t16?,17?,21-,22-,25?,26-/m1/s1. The number of aliphatic carboxylic acids is 1. The maximum absolute atomic E-state index is 11.2. The van der Waals surface area contributed by atoms with E-state index in [0.29, 0.717) is 41.6 Å². The Morgan fingerprint density at radius 1 is 1.17 bits per heavy atom. The first-order valence-corrected chi connectivity index (χ1v) is 12.8. The van der Waals surface area contributed by atoms with E-state index in [2.05, 4.69) is 11.6 Å². The van der Waals surface area contributed by atoms with E-state index >= 15 is 0 Å².